The highest BCUT2D eigenvalue weighted by molar-refractivity contribution is 7.12. The zero-order valence-corrected chi connectivity index (χ0v) is 15.3. The number of nitrogens with zero attached hydrogens (tertiary/aromatic N) is 4. The summed E-state index contributed by atoms with van der Waals surface area (Å²) in [5.41, 5.74) is 2.58. The first kappa shape index (κ1) is 17.1. The lowest BCUT2D eigenvalue weighted by atomic mass is 10.0. The van der Waals surface area contributed by atoms with Crippen LogP contribution >= 0.6 is 11.3 Å². The zero-order chi connectivity index (χ0) is 19.1. The maximum absolute atomic E-state index is 11.6. The van der Waals surface area contributed by atoms with Gasteiger partial charge in [0.15, 0.2) is 5.82 Å². The number of hydrogen-bond acceptors (Lipinski definition) is 7. The van der Waals surface area contributed by atoms with Crippen molar-refractivity contribution in [2.75, 3.05) is 0 Å². The van der Waals surface area contributed by atoms with E-state index in [1.165, 1.54) is 30.4 Å². The standard InChI is InChI=1S/C18H14N4O4S/c1-10-9-19-17-18(26-11(2)23)20-16(15-4-3-7-27-15)13-8-12(22(24)25)5-6-14(13)21(10)17/h3-9,18H,1-2H3. The number of rotatable bonds is 3. The SMILES string of the molecule is CC(=O)OC1N=C(c2cccs2)c2cc([N+](=O)[O-])ccc2-n2c(C)cnc21. The second-order valence-corrected chi connectivity index (χ2v) is 6.92. The van der Waals surface area contributed by atoms with Crippen molar-refractivity contribution in [2.45, 2.75) is 20.1 Å². The van der Waals surface area contributed by atoms with Gasteiger partial charge in [-0.3, -0.25) is 19.5 Å². The molecule has 2 aromatic heterocycles. The lowest BCUT2D eigenvalue weighted by molar-refractivity contribution is -0.384. The molecule has 9 heteroatoms. The number of aromatic nitrogens is 2. The van der Waals surface area contributed by atoms with E-state index in [4.69, 9.17) is 4.74 Å². The lowest BCUT2D eigenvalue weighted by Gasteiger charge is -2.13. The van der Waals surface area contributed by atoms with Gasteiger partial charge in [0.05, 0.1) is 21.2 Å². The molecule has 1 unspecified atom stereocenters. The van der Waals surface area contributed by atoms with Gasteiger partial charge in [0.2, 0.25) is 0 Å². The lowest BCUT2D eigenvalue weighted by Crippen LogP contribution is -2.12. The molecule has 0 amide bonds. The third kappa shape index (κ3) is 2.91. The maximum Gasteiger partial charge on any atom is 0.304 e. The molecule has 0 aliphatic carbocycles. The molecule has 0 N–H and O–H groups in total. The number of carbonyl (C=O) groups is 1. The van der Waals surface area contributed by atoms with Crippen LogP contribution in [0.5, 0.6) is 0 Å². The fraction of sp³-hybridized carbons (Fsp3) is 0.167. The van der Waals surface area contributed by atoms with Gasteiger partial charge in [-0.25, -0.2) is 9.98 Å². The second kappa shape index (κ2) is 6.44. The molecule has 0 spiro atoms. The maximum atomic E-state index is 11.6. The Hall–Kier alpha value is -3.33. The van der Waals surface area contributed by atoms with Gasteiger partial charge in [-0.15, -0.1) is 11.3 Å². The number of benzene rings is 1. The van der Waals surface area contributed by atoms with Gasteiger partial charge in [-0.1, -0.05) is 6.07 Å². The van der Waals surface area contributed by atoms with Crippen molar-refractivity contribution in [3.05, 3.63) is 74.0 Å². The Morgan fingerprint density at radius 2 is 2.19 bits per heavy atom. The molecule has 4 rings (SSSR count). The fourth-order valence-corrected chi connectivity index (χ4v) is 3.79. The monoisotopic (exact) mass is 382 g/mol. The van der Waals surface area contributed by atoms with Crippen molar-refractivity contribution in [3.8, 4) is 5.69 Å². The Bertz CT molecular complexity index is 1080. The van der Waals surface area contributed by atoms with Crippen LogP contribution in [-0.2, 0) is 9.53 Å². The van der Waals surface area contributed by atoms with Crippen molar-refractivity contribution in [2.24, 2.45) is 4.99 Å². The molecule has 1 aliphatic heterocycles. The number of non-ortho nitro benzene ring substituents is 1. The highest BCUT2D eigenvalue weighted by Gasteiger charge is 2.30. The normalized spacial score (nSPS) is 15.3. The summed E-state index contributed by atoms with van der Waals surface area (Å²) in [5.74, 6) is -0.0391. The number of thiophene rings is 1. The number of carbonyl (C=O) groups excluding carboxylic acids is 1. The molecule has 3 aromatic rings. The average Bonchev–Trinajstić information content (AvgIpc) is 3.25. The molecule has 0 saturated heterocycles. The highest BCUT2D eigenvalue weighted by Crippen LogP contribution is 2.34. The van der Waals surface area contributed by atoms with Crippen molar-refractivity contribution < 1.29 is 14.5 Å². The molecule has 0 saturated carbocycles. The molecular weight excluding hydrogens is 368 g/mol. The minimum atomic E-state index is -0.945. The summed E-state index contributed by atoms with van der Waals surface area (Å²) in [6.45, 7) is 3.17. The smallest absolute Gasteiger partial charge is 0.304 e. The summed E-state index contributed by atoms with van der Waals surface area (Å²) in [5, 5.41) is 13.2. The van der Waals surface area contributed by atoms with E-state index in [2.05, 4.69) is 9.98 Å². The minimum absolute atomic E-state index is 0.0386. The molecule has 1 atom stereocenters. The first-order valence-electron chi connectivity index (χ1n) is 8.08. The first-order valence-corrected chi connectivity index (χ1v) is 8.96. The van der Waals surface area contributed by atoms with E-state index in [1.54, 1.807) is 12.3 Å². The van der Waals surface area contributed by atoms with Crippen LogP contribution < -0.4 is 0 Å². The molecule has 0 radical (unpaired) electrons. The number of hydrogen-bond donors (Lipinski definition) is 0. The van der Waals surface area contributed by atoms with Crippen LogP contribution in [0.15, 0.2) is 46.9 Å². The number of aliphatic imine (C=N–C) groups is 1. The summed E-state index contributed by atoms with van der Waals surface area (Å²) < 4.78 is 7.23. The van der Waals surface area contributed by atoms with Gasteiger partial charge in [-0.05, 0) is 24.4 Å². The number of nitro benzene ring substituents is 1. The summed E-state index contributed by atoms with van der Waals surface area (Å²) in [6.07, 6.45) is 0.711. The molecule has 27 heavy (non-hydrogen) atoms. The van der Waals surface area contributed by atoms with Crippen molar-refractivity contribution >= 4 is 28.7 Å². The van der Waals surface area contributed by atoms with Crippen molar-refractivity contribution in [1.29, 1.82) is 0 Å². The predicted octanol–water partition coefficient (Wildman–Crippen LogP) is 3.56. The van der Waals surface area contributed by atoms with Crippen LogP contribution in [0.3, 0.4) is 0 Å². The quantitative estimate of drug-likeness (QED) is 0.392. The molecule has 1 aromatic carbocycles. The zero-order valence-electron chi connectivity index (χ0n) is 14.4. The molecule has 8 nitrogen and oxygen atoms in total. The third-order valence-corrected chi connectivity index (χ3v) is 5.03. The van der Waals surface area contributed by atoms with Crippen LogP contribution in [0.2, 0.25) is 0 Å². The van der Waals surface area contributed by atoms with Crippen molar-refractivity contribution in [1.82, 2.24) is 9.55 Å². The van der Waals surface area contributed by atoms with Crippen LogP contribution in [-0.4, -0.2) is 26.2 Å². The fourth-order valence-electron chi connectivity index (χ4n) is 3.06. The van der Waals surface area contributed by atoms with E-state index >= 15 is 0 Å². The molecule has 1 aliphatic rings. The molecule has 3 heterocycles. The summed E-state index contributed by atoms with van der Waals surface area (Å²) in [4.78, 5) is 32.3. The van der Waals surface area contributed by atoms with Crippen LogP contribution in [0.25, 0.3) is 5.69 Å². The van der Waals surface area contributed by atoms with E-state index in [9.17, 15) is 14.9 Å². The summed E-state index contributed by atoms with van der Waals surface area (Å²) in [6, 6.07) is 8.35. The molecular formula is C18H14N4O4S. The van der Waals surface area contributed by atoms with Crippen LogP contribution in [0, 0.1) is 17.0 Å². The van der Waals surface area contributed by atoms with Gasteiger partial charge >= 0.3 is 5.97 Å². The Balaban J connectivity index is 2.04. The number of nitro groups is 1. The molecule has 136 valence electrons. The van der Waals surface area contributed by atoms with Gasteiger partial charge < -0.3 is 4.74 Å². The van der Waals surface area contributed by atoms with E-state index in [1.807, 2.05) is 29.0 Å². The topological polar surface area (TPSA) is 99.6 Å². The Labute approximate surface area is 157 Å². The predicted molar refractivity (Wildman–Crippen MR) is 99.4 cm³/mol. The van der Waals surface area contributed by atoms with Gasteiger partial charge in [-0.2, -0.15) is 0 Å². The highest BCUT2D eigenvalue weighted by atomic mass is 32.1. The van der Waals surface area contributed by atoms with Gasteiger partial charge in [0.1, 0.15) is 0 Å². The largest absolute Gasteiger partial charge is 0.432 e. The van der Waals surface area contributed by atoms with Crippen molar-refractivity contribution in [3.63, 3.8) is 0 Å². The summed E-state index contributed by atoms with van der Waals surface area (Å²) in [7, 11) is 0. The first-order chi connectivity index (χ1) is 13.0. The minimum Gasteiger partial charge on any atom is -0.432 e. The van der Waals surface area contributed by atoms with E-state index < -0.39 is 17.1 Å². The second-order valence-electron chi connectivity index (χ2n) is 5.97. The van der Waals surface area contributed by atoms with E-state index in [-0.39, 0.29) is 5.69 Å². The van der Waals surface area contributed by atoms with E-state index in [0.717, 1.165) is 10.6 Å². The molecule has 0 fully saturated rings. The average molecular weight is 382 g/mol. The van der Waals surface area contributed by atoms with Gasteiger partial charge in [0.25, 0.3) is 11.9 Å². The third-order valence-electron chi connectivity index (χ3n) is 4.15. The Morgan fingerprint density at radius 1 is 1.37 bits per heavy atom. The van der Waals surface area contributed by atoms with Crippen LogP contribution in [0.4, 0.5) is 5.69 Å². The van der Waals surface area contributed by atoms with Crippen LogP contribution in [0.1, 0.15) is 35.1 Å². The number of imidazole rings is 1. The number of fused-ring (bicyclic) bond motifs is 3. The number of aryl methyl sites for hydroxylation is 1. The number of esters is 1. The molecule has 0 bridgehead atoms. The summed E-state index contributed by atoms with van der Waals surface area (Å²) >= 11 is 1.45. The number of ether oxygens (including phenoxy) is 1. The Kier molecular flexibility index (Phi) is 4.08. The Morgan fingerprint density at radius 3 is 2.85 bits per heavy atom. The van der Waals surface area contributed by atoms with Gasteiger partial charge in [0, 0.05) is 36.5 Å². The van der Waals surface area contributed by atoms with E-state index in [0.29, 0.717) is 22.8 Å².